The van der Waals surface area contributed by atoms with Gasteiger partial charge in [0.05, 0.1) is 37.8 Å². The number of aromatic amines is 1. The van der Waals surface area contributed by atoms with E-state index in [1.807, 2.05) is 24.3 Å². The third kappa shape index (κ3) is 4.67. The van der Waals surface area contributed by atoms with Crippen molar-refractivity contribution in [1.82, 2.24) is 34.2 Å². The van der Waals surface area contributed by atoms with Crippen LogP contribution < -0.4 is 10.3 Å². The van der Waals surface area contributed by atoms with E-state index in [1.54, 1.807) is 10.9 Å². The Morgan fingerprint density at radius 3 is 2.91 bits per heavy atom. The first-order chi connectivity index (χ1) is 16.6. The molecule has 12 heteroatoms. The van der Waals surface area contributed by atoms with Crippen LogP contribution in [0.15, 0.2) is 47.8 Å². The van der Waals surface area contributed by atoms with Crippen molar-refractivity contribution in [2.24, 2.45) is 0 Å². The van der Waals surface area contributed by atoms with Crippen LogP contribution in [0.5, 0.6) is 5.75 Å². The van der Waals surface area contributed by atoms with Crippen LogP contribution in [-0.4, -0.2) is 84.7 Å². The van der Waals surface area contributed by atoms with Gasteiger partial charge in [0, 0.05) is 25.8 Å². The number of carbonyl (C=O) groups is 1. The molecular formula is C22H23N7O5. The molecule has 12 nitrogen and oxygen atoms in total. The van der Waals surface area contributed by atoms with Crippen LogP contribution in [0.25, 0.3) is 17.1 Å². The van der Waals surface area contributed by atoms with Gasteiger partial charge >= 0.3 is 5.97 Å². The van der Waals surface area contributed by atoms with E-state index in [9.17, 15) is 9.59 Å². The van der Waals surface area contributed by atoms with E-state index in [0.29, 0.717) is 18.8 Å². The molecule has 5 rings (SSSR count). The molecule has 4 aromatic rings. The summed E-state index contributed by atoms with van der Waals surface area (Å²) in [4.78, 5) is 37.2. The summed E-state index contributed by atoms with van der Waals surface area (Å²) in [7, 11) is 0. The first-order valence-corrected chi connectivity index (χ1v) is 10.8. The van der Waals surface area contributed by atoms with Crippen molar-refractivity contribution in [3.05, 3.63) is 64.5 Å². The molecule has 0 saturated carbocycles. The molecule has 1 aliphatic heterocycles. The number of nitrogens with one attached hydrogen (secondary N) is 1. The second-order valence-electron chi connectivity index (χ2n) is 7.86. The normalized spacial score (nSPS) is 14.5. The highest BCUT2D eigenvalue weighted by Crippen LogP contribution is 2.17. The number of hydrogen-bond acceptors (Lipinski definition) is 8. The molecular weight excluding hydrogens is 442 g/mol. The van der Waals surface area contributed by atoms with Crippen LogP contribution in [0, 0.1) is 0 Å². The Balaban J connectivity index is 1.33. The second-order valence-corrected chi connectivity index (χ2v) is 7.86. The van der Waals surface area contributed by atoms with Crippen molar-refractivity contribution in [2.45, 2.75) is 6.54 Å². The maximum Gasteiger partial charge on any atom is 0.338 e. The molecule has 1 fully saturated rings. The molecule has 176 valence electrons. The van der Waals surface area contributed by atoms with E-state index in [-0.39, 0.29) is 17.0 Å². The molecule has 0 atom stereocenters. The van der Waals surface area contributed by atoms with E-state index < -0.39 is 11.5 Å². The number of morpholine rings is 1. The van der Waals surface area contributed by atoms with Gasteiger partial charge in [-0.1, -0.05) is 12.1 Å². The summed E-state index contributed by atoms with van der Waals surface area (Å²) in [6.07, 6.45) is 4.02. The van der Waals surface area contributed by atoms with Gasteiger partial charge in [-0.2, -0.15) is 10.1 Å². The highest BCUT2D eigenvalue weighted by atomic mass is 16.5. The number of hydrogen-bond donors (Lipinski definition) is 2. The standard InChI is InChI=1S/C22H23N7O5/c30-20-18-19(25-22(26-20)29-13-16(11-24-29)21(31)32)28(14-23-18)12-15-2-1-3-17(10-15)34-9-6-27-4-7-33-8-5-27/h1-3,10-11,13-14H,4-9,12H2,(H,31,32)(H,25,26,30). The number of nitrogens with zero attached hydrogens (tertiary/aromatic N) is 6. The molecule has 0 spiro atoms. The number of carboxylic acids is 1. The van der Waals surface area contributed by atoms with E-state index in [4.69, 9.17) is 14.6 Å². The minimum atomic E-state index is -1.12. The second kappa shape index (κ2) is 9.45. The van der Waals surface area contributed by atoms with Gasteiger partial charge in [-0.15, -0.1) is 0 Å². The number of ether oxygens (including phenoxy) is 2. The average Bonchev–Trinajstić information content (AvgIpc) is 3.49. The van der Waals surface area contributed by atoms with Crippen LogP contribution in [0.1, 0.15) is 15.9 Å². The predicted octanol–water partition coefficient (Wildman–Crippen LogP) is 0.763. The Kier molecular flexibility index (Phi) is 6.06. The summed E-state index contributed by atoms with van der Waals surface area (Å²) in [5, 5.41) is 13.1. The zero-order valence-electron chi connectivity index (χ0n) is 18.3. The van der Waals surface area contributed by atoms with Crippen LogP contribution in [0.3, 0.4) is 0 Å². The van der Waals surface area contributed by atoms with Crippen molar-refractivity contribution >= 4 is 17.1 Å². The molecule has 1 saturated heterocycles. The number of benzene rings is 1. The number of H-pyrrole nitrogens is 1. The van der Waals surface area contributed by atoms with Crippen LogP contribution in [0.4, 0.5) is 0 Å². The van der Waals surface area contributed by atoms with Gasteiger partial charge in [0.25, 0.3) is 5.56 Å². The number of imidazole rings is 1. The predicted molar refractivity (Wildman–Crippen MR) is 121 cm³/mol. The van der Waals surface area contributed by atoms with Crippen LogP contribution in [-0.2, 0) is 11.3 Å². The summed E-state index contributed by atoms with van der Waals surface area (Å²) >= 11 is 0. The zero-order chi connectivity index (χ0) is 23.5. The topological polar surface area (TPSA) is 140 Å². The van der Waals surface area contributed by atoms with Gasteiger partial charge in [-0.05, 0) is 17.7 Å². The molecule has 2 N–H and O–H groups in total. The fraction of sp³-hybridized carbons (Fsp3) is 0.318. The minimum absolute atomic E-state index is 0.0123. The first kappa shape index (κ1) is 21.8. The quantitative estimate of drug-likeness (QED) is 0.386. The first-order valence-electron chi connectivity index (χ1n) is 10.8. The molecule has 1 aliphatic rings. The fourth-order valence-electron chi connectivity index (χ4n) is 3.76. The van der Waals surface area contributed by atoms with E-state index in [0.717, 1.165) is 44.2 Å². The highest BCUT2D eigenvalue weighted by molar-refractivity contribution is 5.86. The van der Waals surface area contributed by atoms with Gasteiger partial charge in [0.15, 0.2) is 11.2 Å². The maximum absolute atomic E-state index is 12.5. The van der Waals surface area contributed by atoms with Crippen molar-refractivity contribution in [2.75, 3.05) is 39.5 Å². The van der Waals surface area contributed by atoms with Gasteiger partial charge < -0.3 is 19.1 Å². The van der Waals surface area contributed by atoms with Crippen molar-refractivity contribution in [1.29, 1.82) is 0 Å². The Hall–Kier alpha value is -4.03. The molecule has 0 aliphatic carbocycles. The molecule has 34 heavy (non-hydrogen) atoms. The third-order valence-corrected chi connectivity index (χ3v) is 5.54. The Morgan fingerprint density at radius 1 is 1.26 bits per heavy atom. The van der Waals surface area contributed by atoms with Crippen LogP contribution in [0.2, 0.25) is 0 Å². The molecule has 1 aromatic carbocycles. The number of rotatable bonds is 8. The van der Waals surface area contributed by atoms with E-state index in [1.165, 1.54) is 17.1 Å². The molecule has 3 aromatic heterocycles. The lowest BCUT2D eigenvalue weighted by molar-refractivity contribution is 0.0322. The SMILES string of the molecule is O=C(O)c1cnn(-c2nc3c(ncn3Cc3cccc(OCCN4CCOCC4)c3)c(=O)[nH]2)c1. The maximum atomic E-state index is 12.5. The highest BCUT2D eigenvalue weighted by Gasteiger charge is 2.14. The van der Waals surface area contributed by atoms with Crippen LogP contribution >= 0.6 is 0 Å². The molecule has 0 amide bonds. The zero-order valence-corrected chi connectivity index (χ0v) is 18.3. The summed E-state index contributed by atoms with van der Waals surface area (Å²) in [6.45, 7) is 5.20. The number of carboxylic acid groups (broad SMARTS) is 1. The number of fused-ring (bicyclic) bond motifs is 1. The summed E-state index contributed by atoms with van der Waals surface area (Å²) in [6, 6.07) is 7.74. The van der Waals surface area contributed by atoms with Gasteiger partial charge in [-0.25, -0.2) is 14.5 Å². The van der Waals surface area contributed by atoms with Gasteiger partial charge in [0.2, 0.25) is 5.95 Å². The van der Waals surface area contributed by atoms with E-state index >= 15 is 0 Å². The minimum Gasteiger partial charge on any atom is -0.492 e. The number of aromatic nitrogens is 6. The molecule has 0 unspecified atom stereocenters. The summed E-state index contributed by atoms with van der Waals surface area (Å²) < 4.78 is 14.3. The lowest BCUT2D eigenvalue weighted by Gasteiger charge is -2.26. The Morgan fingerprint density at radius 2 is 2.12 bits per heavy atom. The largest absolute Gasteiger partial charge is 0.492 e. The lowest BCUT2D eigenvalue weighted by Crippen LogP contribution is -2.38. The average molecular weight is 465 g/mol. The monoisotopic (exact) mass is 465 g/mol. The van der Waals surface area contributed by atoms with Gasteiger partial charge in [0.1, 0.15) is 12.4 Å². The molecule has 0 radical (unpaired) electrons. The smallest absolute Gasteiger partial charge is 0.338 e. The number of aromatic carboxylic acids is 1. The van der Waals surface area contributed by atoms with Crippen molar-refractivity contribution < 1.29 is 19.4 Å². The Bertz CT molecular complexity index is 1370. The summed E-state index contributed by atoms with van der Waals surface area (Å²) in [5.74, 6) is -0.252. The van der Waals surface area contributed by atoms with Crippen molar-refractivity contribution in [3.63, 3.8) is 0 Å². The van der Waals surface area contributed by atoms with Gasteiger partial charge in [-0.3, -0.25) is 14.7 Å². The molecule has 0 bridgehead atoms. The Labute approximate surface area is 193 Å². The summed E-state index contributed by atoms with van der Waals surface area (Å²) in [5.41, 5.74) is 1.06. The lowest BCUT2D eigenvalue weighted by atomic mass is 10.2. The fourth-order valence-corrected chi connectivity index (χ4v) is 3.76. The van der Waals surface area contributed by atoms with E-state index in [2.05, 4.69) is 25.0 Å². The molecule has 4 heterocycles. The third-order valence-electron chi connectivity index (χ3n) is 5.54. The van der Waals surface area contributed by atoms with Crippen molar-refractivity contribution in [3.8, 4) is 11.7 Å².